The average Bonchev–Trinajstić information content (AvgIpc) is 3.20. The van der Waals surface area contributed by atoms with E-state index in [0.717, 1.165) is 10.5 Å². The molecule has 4 aromatic rings. The number of ether oxygens (including phenoxy) is 1. The van der Waals surface area contributed by atoms with Gasteiger partial charge in [-0.05, 0) is 55.0 Å². The SMILES string of the molecule is Cc1cccc(N2C(=O)c3ccc(C(=O)O[C@@H](C(=O)c4ccccc4)c4ccc([N+](=O)[O-])cc4)cc3C2=O)c1. The Bertz CT molecular complexity index is 1650. The van der Waals surface area contributed by atoms with E-state index in [1.54, 1.807) is 48.5 Å². The van der Waals surface area contributed by atoms with Crippen LogP contribution in [0.3, 0.4) is 0 Å². The number of benzene rings is 4. The van der Waals surface area contributed by atoms with Crippen LogP contribution in [0.5, 0.6) is 0 Å². The minimum atomic E-state index is -1.41. The van der Waals surface area contributed by atoms with Crippen LogP contribution in [-0.2, 0) is 4.74 Å². The topological polar surface area (TPSA) is 124 Å². The lowest BCUT2D eigenvalue weighted by atomic mass is 9.99. The molecule has 1 atom stereocenters. The van der Waals surface area contributed by atoms with Gasteiger partial charge in [0.15, 0.2) is 6.10 Å². The summed E-state index contributed by atoms with van der Waals surface area (Å²) in [5, 5.41) is 11.1. The maximum Gasteiger partial charge on any atom is 0.339 e. The third-order valence-electron chi connectivity index (χ3n) is 6.31. The lowest BCUT2D eigenvalue weighted by Crippen LogP contribution is -2.29. The number of nitrogens with zero attached hydrogens (tertiary/aromatic N) is 2. The Morgan fingerprint density at radius 3 is 2.15 bits per heavy atom. The summed E-state index contributed by atoms with van der Waals surface area (Å²) in [6.07, 6.45) is -1.41. The van der Waals surface area contributed by atoms with Gasteiger partial charge in [0.05, 0.1) is 27.3 Å². The molecule has 0 aliphatic carbocycles. The van der Waals surface area contributed by atoms with Crippen LogP contribution in [0.15, 0.2) is 97.1 Å². The lowest BCUT2D eigenvalue weighted by molar-refractivity contribution is -0.384. The van der Waals surface area contributed by atoms with Gasteiger partial charge >= 0.3 is 5.97 Å². The Morgan fingerprint density at radius 2 is 1.49 bits per heavy atom. The second-order valence-corrected chi connectivity index (χ2v) is 8.91. The summed E-state index contributed by atoms with van der Waals surface area (Å²) in [6.45, 7) is 1.84. The molecule has 4 aromatic carbocycles. The maximum atomic E-state index is 13.3. The van der Waals surface area contributed by atoms with Crippen LogP contribution >= 0.6 is 0 Å². The van der Waals surface area contributed by atoms with Crippen molar-refractivity contribution < 1.29 is 28.8 Å². The maximum absolute atomic E-state index is 13.3. The standard InChI is InChI=1S/C30H20N2O7/c1-18-6-5-9-23(16-18)31-28(34)24-15-12-21(17-25(24)29(31)35)30(36)39-27(26(33)19-7-3-2-4-8-19)20-10-13-22(14-11-20)32(37)38/h2-17,27H,1H3/t27-/m1/s1. The molecule has 0 spiro atoms. The molecule has 0 unspecified atom stereocenters. The molecule has 1 heterocycles. The fraction of sp³-hybridized carbons (Fsp3) is 0.0667. The van der Waals surface area contributed by atoms with Gasteiger partial charge in [0, 0.05) is 23.3 Å². The highest BCUT2D eigenvalue weighted by molar-refractivity contribution is 6.34. The molecule has 39 heavy (non-hydrogen) atoms. The summed E-state index contributed by atoms with van der Waals surface area (Å²) < 4.78 is 5.62. The molecule has 0 saturated heterocycles. The molecule has 0 N–H and O–H groups in total. The van der Waals surface area contributed by atoms with Gasteiger partial charge in [0.2, 0.25) is 5.78 Å². The van der Waals surface area contributed by atoms with Crippen molar-refractivity contribution in [1.82, 2.24) is 0 Å². The highest BCUT2D eigenvalue weighted by Crippen LogP contribution is 2.31. The first kappa shape index (κ1) is 25.2. The molecule has 1 aliphatic rings. The van der Waals surface area contributed by atoms with Crippen molar-refractivity contribution in [3.8, 4) is 0 Å². The first-order valence-corrected chi connectivity index (χ1v) is 11.9. The molecule has 0 radical (unpaired) electrons. The fourth-order valence-corrected chi connectivity index (χ4v) is 4.34. The molecule has 9 nitrogen and oxygen atoms in total. The Labute approximate surface area is 222 Å². The molecular weight excluding hydrogens is 500 g/mol. The van der Waals surface area contributed by atoms with Gasteiger partial charge in [-0.1, -0.05) is 42.5 Å². The normalized spacial score (nSPS) is 13.1. The molecular formula is C30H20N2O7. The number of hydrogen-bond donors (Lipinski definition) is 0. The number of ketones is 1. The summed E-state index contributed by atoms with van der Waals surface area (Å²) >= 11 is 0. The first-order valence-electron chi connectivity index (χ1n) is 11.9. The van der Waals surface area contributed by atoms with Crippen molar-refractivity contribution in [2.75, 3.05) is 4.90 Å². The summed E-state index contributed by atoms with van der Waals surface area (Å²) in [4.78, 5) is 64.2. The van der Waals surface area contributed by atoms with Crippen molar-refractivity contribution in [3.63, 3.8) is 0 Å². The third-order valence-corrected chi connectivity index (χ3v) is 6.31. The van der Waals surface area contributed by atoms with Gasteiger partial charge in [0.25, 0.3) is 17.5 Å². The van der Waals surface area contributed by atoms with E-state index in [1.807, 2.05) is 13.0 Å². The molecule has 0 saturated carbocycles. The van der Waals surface area contributed by atoms with Crippen LogP contribution < -0.4 is 4.90 Å². The molecule has 192 valence electrons. The van der Waals surface area contributed by atoms with E-state index >= 15 is 0 Å². The van der Waals surface area contributed by atoms with Crippen molar-refractivity contribution in [1.29, 1.82) is 0 Å². The van der Waals surface area contributed by atoms with E-state index < -0.39 is 34.6 Å². The molecule has 0 aromatic heterocycles. The van der Waals surface area contributed by atoms with Crippen LogP contribution in [0, 0.1) is 17.0 Å². The van der Waals surface area contributed by atoms with Crippen molar-refractivity contribution in [2.24, 2.45) is 0 Å². The summed E-state index contributed by atoms with van der Waals surface area (Å²) in [6, 6.07) is 24.2. The summed E-state index contributed by atoms with van der Waals surface area (Å²) in [5.41, 5.74) is 1.76. The highest BCUT2D eigenvalue weighted by atomic mass is 16.6. The number of esters is 1. The molecule has 1 aliphatic heterocycles. The van der Waals surface area contributed by atoms with E-state index in [0.29, 0.717) is 5.69 Å². The predicted octanol–water partition coefficient (Wildman–Crippen LogP) is 5.48. The van der Waals surface area contributed by atoms with Gasteiger partial charge in [-0.2, -0.15) is 0 Å². The number of hydrogen-bond acceptors (Lipinski definition) is 7. The number of anilines is 1. The zero-order chi connectivity index (χ0) is 27.7. The van der Waals surface area contributed by atoms with E-state index in [9.17, 15) is 29.3 Å². The third kappa shape index (κ3) is 4.80. The number of aryl methyl sites for hydroxylation is 1. The van der Waals surface area contributed by atoms with Crippen molar-refractivity contribution >= 4 is 34.9 Å². The summed E-state index contributed by atoms with van der Waals surface area (Å²) in [7, 11) is 0. The zero-order valence-electron chi connectivity index (χ0n) is 20.6. The quantitative estimate of drug-likeness (QED) is 0.104. The van der Waals surface area contributed by atoms with Gasteiger partial charge in [0.1, 0.15) is 0 Å². The number of amides is 2. The van der Waals surface area contributed by atoms with Crippen LogP contribution in [-0.4, -0.2) is 28.5 Å². The van der Waals surface area contributed by atoms with Crippen molar-refractivity contribution in [3.05, 3.63) is 141 Å². The molecule has 0 fully saturated rings. The fourth-order valence-electron chi connectivity index (χ4n) is 4.34. The van der Waals surface area contributed by atoms with Gasteiger partial charge in [-0.15, -0.1) is 0 Å². The monoisotopic (exact) mass is 520 g/mol. The number of fused-ring (bicyclic) bond motifs is 1. The van der Waals surface area contributed by atoms with E-state index in [4.69, 9.17) is 4.74 Å². The second kappa shape index (κ2) is 10.1. The van der Waals surface area contributed by atoms with Crippen LogP contribution in [0.4, 0.5) is 11.4 Å². The lowest BCUT2D eigenvalue weighted by Gasteiger charge is -2.17. The Balaban J connectivity index is 1.46. The number of carbonyl (C=O) groups is 4. The predicted molar refractivity (Wildman–Crippen MR) is 141 cm³/mol. The minimum Gasteiger partial charge on any atom is -0.445 e. The number of rotatable bonds is 7. The largest absolute Gasteiger partial charge is 0.445 e. The number of nitro benzene ring substituents is 1. The molecule has 2 amide bonds. The van der Waals surface area contributed by atoms with E-state index in [-0.39, 0.29) is 33.5 Å². The Morgan fingerprint density at radius 1 is 0.795 bits per heavy atom. The second-order valence-electron chi connectivity index (χ2n) is 8.91. The first-order chi connectivity index (χ1) is 18.7. The van der Waals surface area contributed by atoms with Gasteiger partial charge in [-0.25, -0.2) is 9.69 Å². The highest BCUT2D eigenvalue weighted by Gasteiger charge is 2.37. The average molecular weight is 520 g/mol. The molecule has 9 heteroatoms. The minimum absolute atomic E-state index is 0.0336. The van der Waals surface area contributed by atoms with Crippen LogP contribution in [0.25, 0.3) is 0 Å². The number of imide groups is 1. The number of non-ortho nitro benzene ring substituents is 1. The van der Waals surface area contributed by atoms with Gasteiger partial charge in [-0.3, -0.25) is 24.5 Å². The van der Waals surface area contributed by atoms with Crippen LogP contribution in [0.2, 0.25) is 0 Å². The molecule has 0 bridgehead atoms. The number of Topliss-reactive ketones (excluding diaryl/α,β-unsaturated/α-hetero) is 1. The van der Waals surface area contributed by atoms with E-state index in [2.05, 4.69) is 0 Å². The van der Waals surface area contributed by atoms with Gasteiger partial charge < -0.3 is 4.74 Å². The van der Waals surface area contributed by atoms with Crippen molar-refractivity contribution in [2.45, 2.75) is 13.0 Å². The Kier molecular flexibility index (Phi) is 6.56. The number of nitro groups is 1. The molecule has 5 rings (SSSR count). The summed E-state index contributed by atoms with van der Waals surface area (Å²) in [5.74, 6) is -2.53. The Hall–Kier alpha value is -5.44. The number of carbonyl (C=O) groups excluding carboxylic acids is 4. The van der Waals surface area contributed by atoms with Crippen LogP contribution in [0.1, 0.15) is 58.7 Å². The smallest absolute Gasteiger partial charge is 0.339 e. The van der Waals surface area contributed by atoms with E-state index in [1.165, 1.54) is 42.5 Å². The zero-order valence-corrected chi connectivity index (χ0v) is 20.6.